The van der Waals surface area contributed by atoms with Crippen molar-refractivity contribution in [1.82, 2.24) is 9.78 Å². The van der Waals surface area contributed by atoms with Gasteiger partial charge in [-0.05, 0) is 17.7 Å². The van der Waals surface area contributed by atoms with Crippen LogP contribution in [0, 0.1) is 11.3 Å². The van der Waals surface area contributed by atoms with Gasteiger partial charge in [0.1, 0.15) is 17.5 Å². The van der Waals surface area contributed by atoms with Crippen molar-refractivity contribution in [3.05, 3.63) is 45.6 Å². The molecule has 6 heteroatoms. The molecule has 1 heterocycles. The number of hydrogen-bond donors (Lipinski definition) is 1. The Morgan fingerprint density at radius 1 is 1.35 bits per heavy atom. The predicted octanol–water partition coefficient (Wildman–Crippen LogP) is 2.69. The fraction of sp³-hybridized carbons (Fsp3) is 0.0909. The second-order valence-corrected chi connectivity index (χ2v) is 4.28. The van der Waals surface area contributed by atoms with Gasteiger partial charge in [-0.2, -0.15) is 10.4 Å². The van der Waals surface area contributed by atoms with E-state index in [1.165, 1.54) is 10.9 Å². The van der Waals surface area contributed by atoms with E-state index in [0.717, 1.165) is 5.56 Å². The molecule has 86 valence electrons. The molecule has 0 bridgehead atoms. The van der Waals surface area contributed by atoms with Crippen LogP contribution in [0.2, 0.25) is 10.0 Å². The van der Waals surface area contributed by atoms with Crippen LogP contribution in [0.1, 0.15) is 11.1 Å². The molecule has 1 aromatic heterocycles. The van der Waals surface area contributed by atoms with Crippen LogP contribution in [0.15, 0.2) is 24.4 Å². The first-order valence-electron chi connectivity index (χ1n) is 4.77. The Morgan fingerprint density at radius 2 is 2.12 bits per heavy atom. The van der Waals surface area contributed by atoms with E-state index in [4.69, 9.17) is 34.2 Å². The zero-order valence-corrected chi connectivity index (χ0v) is 10.2. The molecule has 17 heavy (non-hydrogen) atoms. The van der Waals surface area contributed by atoms with Gasteiger partial charge in [-0.1, -0.05) is 29.3 Å². The van der Waals surface area contributed by atoms with E-state index in [1.807, 2.05) is 12.1 Å². The second-order valence-electron chi connectivity index (χ2n) is 3.46. The number of hydrogen-bond acceptors (Lipinski definition) is 3. The lowest BCUT2D eigenvalue weighted by Gasteiger charge is -2.05. The van der Waals surface area contributed by atoms with Crippen LogP contribution in [0.25, 0.3) is 0 Å². The molecule has 0 saturated carbocycles. The molecule has 0 amide bonds. The van der Waals surface area contributed by atoms with Crippen molar-refractivity contribution in [3.63, 3.8) is 0 Å². The van der Waals surface area contributed by atoms with E-state index in [1.54, 1.807) is 12.1 Å². The summed E-state index contributed by atoms with van der Waals surface area (Å²) in [6, 6.07) is 7.26. The summed E-state index contributed by atoms with van der Waals surface area (Å²) >= 11 is 11.7. The van der Waals surface area contributed by atoms with E-state index >= 15 is 0 Å². The van der Waals surface area contributed by atoms with Gasteiger partial charge in [0.15, 0.2) is 0 Å². The van der Waals surface area contributed by atoms with Gasteiger partial charge < -0.3 is 5.73 Å². The van der Waals surface area contributed by atoms with Gasteiger partial charge in [0.2, 0.25) is 0 Å². The minimum Gasteiger partial charge on any atom is -0.383 e. The average molecular weight is 267 g/mol. The fourth-order valence-corrected chi connectivity index (χ4v) is 1.74. The summed E-state index contributed by atoms with van der Waals surface area (Å²) in [6.45, 7) is 0.449. The molecule has 0 aliphatic heterocycles. The normalized spacial score (nSPS) is 10.2. The van der Waals surface area contributed by atoms with E-state index in [0.29, 0.717) is 28.0 Å². The molecule has 0 saturated heterocycles. The minimum absolute atomic E-state index is 0.346. The summed E-state index contributed by atoms with van der Waals surface area (Å²) < 4.78 is 1.54. The number of benzene rings is 1. The molecule has 0 atom stereocenters. The lowest BCUT2D eigenvalue weighted by molar-refractivity contribution is 0.697. The standard InChI is InChI=1S/C11H8Cl2N4/c12-9-2-1-7(3-10(9)13)6-17-11(15)8(4-14)5-16-17/h1-3,5H,6,15H2. The van der Waals surface area contributed by atoms with E-state index < -0.39 is 0 Å². The lowest BCUT2D eigenvalue weighted by atomic mass is 10.2. The SMILES string of the molecule is N#Cc1cnn(Cc2ccc(Cl)c(Cl)c2)c1N. The average Bonchev–Trinajstić information content (AvgIpc) is 2.65. The van der Waals surface area contributed by atoms with Crippen molar-refractivity contribution in [2.24, 2.45) is 0 Å². The maximum atomic E-state index is 8.76. The Balaban J connectivity index is 2.29. The highest BCUT2D eigenvalue weighted by Gasteiger charge is 2.07. The van der Waals surface area contributed by atoms with Gasteiger partial charge >= 0.3 is 0 Å². The third-order valence-corrected chi connectivity index (χ3v) is 3.06. The first-order valence-corrected chi connectivity index (χ1v) is 5.52. The van der Waals surface area contributed by atoms with Crippen LogP contribution in [-0.4, -0.2) is 9.78 Å². The van der Waals surface area contributed by atoms with Crippen molar-refractivity contribution >= 4 is 29.0 Å². The maximum absolute atomic E-state index is 8.76. The lowest BCUT2D eigenvalue weighted by Crippen LogP contribution is -2.06. The number of nitrogens with two attached hydrogens (primary N) is 1. The molecule has 0 radical (unpaired) electrons. The molecule has 2 rings (SSSR count). The summed E-state index contributed by atoms with van der Waals surface area (Å²) in [6.07, 6.45) is 1.44. The molecule has 2 N–H and O–H groups in total. The Morgan fingerprint density at radius 3 is 2.71 bits per heavy atom. The number of rotatable bonds is 2. The zero-order chi connectivity index (χ0) is 12.4. The van der Waals surface area contributed by atoms with Crippen LogP contribution >= 0.6 is 23.2 Å². The maximum Gasteiger partial charge on any atom is 0.140 e. The quantitative estimate of drug-likeness (QED) is 0.909. The number of nitriles is 1. The van der Waals surface area contributed by atoms with Crippen LogP contribution in [0.5, 0.6) is 0 Å². The number of aromatic nitrogens is 2. The van der Waals surface area contributed by atoms with E-state index in [9.17, 15) is 0 Å². The van der Waals surface area contributed by atoms with Gasteiger partial charge in [0.05, 0.1) is 22.8 Å². The molecule has 0 fully saturated rings. The first-order chi connectivity index (χ1) is 8.11. The molecule has 2 aromatic rings. The zero-order valence-electron chi connectivity index (χ0n) is 8.69. The highest BCUT2D eigenvalue weighted by molar-refractivity contribution is 6.42. The highest BCUT2D eigenvalue weighted by atomic mass is 35.5. The summed E-state index contributed by atoms with van der Waals surface area (Å²) in [5.74, 6) is 0.346. The first kappa shape index (κ1) is 11.8. The Kier molecular flexibility index (Phi) is 3.23. The molecular weight excluding hydrogens is 259 g/mol. The Hall–Kier alpha value is -1.70. The third-order valence-electron chi connectivity index (χ3n) is 2.32. The van der Waals surface area contributed by atoms with Gasteiger partial charge in [0.25, 0.3) is 0 Å². The summed E-state index contributed by atoms with van der Waals surface area (Å²) in [5.41, 5.74) is 7.03. The molecule has 0 aliphatic rings. The predicted molar refractivity (Wildman–Crippen MR) is 66.9 cm³/mol. The van der Waals surface area contributed by atoms with Crippen molar-refractivity contribution in [2.45, 2.75) is 6.54 Å². The van der Waals surface area contributed by atoms with Crippen LogP contribution in [0.4, 0.5) is 5.82 Å². The Bertz CT molecular complexity index is 598. The molecule has 4 nitrogen and oxygen atoms in total. The van der Waals surface area contributed by atoms with Crippen molar-refractivity contribution in [3.8, 4) is 6.07 Å². The second kappa shape index (κ2) is 4.66. The summed E-state index contributed by atoms with van der Waals surface area (Å²) in [7, 11) is 0. The highest BCUT2D eigenvalue weighted by Crippen LogP contribution is 2.23. The number of halogens is 2. The van der Waals surface area contributed by atoms with Gasteiger partial charge in [-0.25, -0.2) is 4.68 Å². The molecule has 0 unspecified atom stereocenters. The number of nitrogen functional groups attached to an aromatic ring is 1. The van der Waals surface area contributed by atoms with Gasteiger partial charge in [-0.15, -0.1) is 0 Å². The van der Waals surface area contributed by atoms with Crippen LogP contribution in [0.3, 0.4) is 0 Å². The minimum atomic E-state index is 0.346. The topological polar surface area (TPSA) is 67.6 Å². The number of anilines is 1. The van der Waals surface area contributed by atoms with Crippen molar-refractivity contribution in [1.29, 1.82) is 5.26 Å². The van der Waals surface area contributed by atoms with Gasteiger partial charge in [0, 0.05) is 0 Å². The van der Waals surface area contributed by atoms with Gasteiger partial charge in [-0.3, -0.25) is 0 Å². The summed E-state index contributed by atoms with van der Waals surface area (Å²) in [4.78, 5) is 0. The van der Waals surface area contributed by atoms with Crippen LogP contribution in [-0.2, 0) is 6.54 Å². The van der Waals surface area contributed by atoms with Crippen molar-refractivity contribution in [2.75, 3.05) is 5.73 Å². The van der Waals surface area contributed by atoms with Crippen LogP contribution < -0.4 is 5.73 Å². The molecule has 0 spiro atoms. The third kappa shape index (κ3) is 2.36. The monoisotopic (exact) mass is 266 g/mol. The Labute approximate surface area is 108 Å². The van der Waals surface area contributed by atoms with Crippen molar-refractivity contribution < 1.29 is 0 Å². The molecular formula is C11H8Cl2N4. The summed E-state index contributed by atoms with van der Waals surface area (Å²) in [5, 5.41) is 13.8. The number of nitrogens with zero attached hydrogens (tertiary/aromatic N) is 3. The fourth-order valence-electron chi connectivity index (χ4n) is 1.42. The van der Waals surface area contributed by atoms with E-state index in [2.05, 4.69) is 5.10 Å². The van der Waals surface area contributed by atoms with E-state index in [-0.39, 0.29) is 0 Å². The smallest absolute Gasteiger partial charge is 0.140 e. The molecule has 0 aliphatic carbocycles. The molecule has 1 aromatic carbocycles. The largest absolute Gasteiger partial charge is 0.383 e.